The maximum atomic E-state index is 12.1. The highest BCUT2D eigenvalue weighted by atomic mass is 35.5. The molecular formula is C15H18Cl2N4O3S. The smallest absolute Gasteiger partial charge is 0.240 e. The molecule has 0 spiro atoms. The lowest BCUT2D eigenvalue weighted by atomic mass is 10.3. The van der Waals surface area contributed by atoms with Gasteiger partial charge in [-0.3, -0.25) is 9.10 Å². The third-order valence-electron chi connectivity index (χ3n) is 3.35. The largest absolute Gasteiger partial charge is 0.354 e. The lowest BCUT2D eigenvalue weighted by molar-refractivity contribution is -0.119. The van der Waals surface area contributed by atoms with Gasteiger partial charge in [0.15, 0.2) is 0 Å². The van der Waals surface area contributed by atoms with Crippen LogP contribution < -0.4 is 9.62 Å². The fourth-order valence-electron chi connectivity index (χ4n) is 2.13. The molecule has 2 rings (SSSR count). The number of aryl methyl sites for hydroxylation is 1. The van der Waals surface area contributed by atoms with Gasteiger partial charge < -0.3 is 9.88 Å². The van der Waals surface area contributed by atoms with Crippen LogP contribution in [0.5, 0.6) is 0 Å². The zero-order valence-corrected chi connectivity index (χ0v) is 15.9. The molecule has 1 N–H and O–H groups in total. The number of anilines is 1. The normalized spacial score (nSPS) is 11.3. The molecule has 0 saturated carbocycles. The number of hydrogen-bond donors (Lipinski definition) is 1. The number of nitrogens with zero attached hydrogens (tertiary/aromatic N) is 3. The van der Waals surface area contributed by atoms with Crippen LogP contribution in [-0.2, 0) is 21.4 Å². The fraction of sp³-hybridized carbons (Fsp3) is 0.333. The van der Waals surface area contributed by atoms with Gasteiger partial charge in [0, 0.05) is 25.5 Å². The van der Waals surface area contributed by atoms with Crippen molar-refractivity contribution in [1.82, 2.24) is 14.9 Å². The molecule has 0 unspecified atom stereocenters. The second kappa shape index (κ2) is 8.55. The van der Waals surface area contributed by atoms with Crippen LogP contribution in [0.4, 0.5) is 5.69 Å². The minimum absolute atomic E-state index is 0.216. The van der Waals surface area contributed by atoms with Crippen molar-refractivity contribution in [1.29, 1.82) is 0 Å². The van der Waals surface area contributed by atoms with Crippen molar-refractivity contribution in [2.75, 3.05) is 23.7 Å². The molecule has 1 heterocycles. The first-order valence-corrected chi connectivity index (χ1v) is 10.0. The molecule has 0 aliphatic carbocycles. The number of halogens is 2. The zero-order chi connectivity index (χ0) is 18.4. The third kappa shape index (κ3) is 5.91. The summed E-state index contributed by atoms with van der Waals surface area (Å²) in [4.78, 5) is 16.0. The number of sulfonamides is 1. The highest BCUT2D eigenvalue weighted by Crippen LogP contribution is 2.28. The first kappa shape index (κ1) is 19.6. The molecule has 10 heteroatoms. The summed E-state index contributed by atoms with van der Waals surface area (Å²) >= 11 is 11.8. The molecule has 0 fully saturated rings. The van der Waals surface area contributed by atoms with E-state index in [1.807, 2.05) is 10.8 Å². The van der Waals surface area contributed by atoms with Crippen molar-refractivity contribution in [2.24, 2.45) is 0 Å². The summed E-state index contributed by atoms with van der Waals surface area (Å²) in [7, 11) is -3.65. The quantitative estimate of drug-likeness (QED) is 0.683. The van der Waals surface area contributed by atoms with Gasteiger partial charge in [0.1, 0.15) is 6.54 Å². The number of carbonyl (C=O) groups excluding carboxylic acids is 1. The average molecular weight is 405 g/mol. The molecule has 0 aliphatic rings. The number of nitrogens with one attached hydrogen (secondary N) is 1. The Kier molecular flexibility index (Phi) is 6.69. The van der Waals surface area contributed by atoms with Gasteiger partial charge in [-0.05, 0) is 24.6 Å². The molecule has 136 valence electrons. The Morgan fingerprint density at radius 3 is 2.68 bits per heavy atom. The van der Waals surface area contributed by atoms with Crippen LogP contribution in [0.25, 0.3) is 0 Å². The van der Waals surface area contributed by atoms with E-state index in [-0.39, 0.29) is 17.3 Å². The van der Waals surface area contributed by atoms with Gasteiger partial charge in [-0.2, -0.15) is 0 Å². The maximum Gasteiger partial charge on any atom is 0.240 e. The van der Waals surface area contributed by atoms with Gasteiger partial charge >= 0.3 is 0 Å². The predicted molar refractivity (Wildman–Crippen MR) is 98.5 cm³/mol. The predicted octanol–water partition coefficient (Wildman–Crippen LogP) is 2.16. The Balaban J connectivity index is 1.94. The summed E-state index contributed by atoms with van der Waals surface area (Å²) in [6.07, 6.45) is 6.93. The number of amides is 1. The van der Waals surface area contributed by atoms with Gasteiger partial charge in [-0.25, -0.2) is 13.4 Å². The number of benzene rings is 1. The monoisotopic (exact) mass is 404 g/mol. The second-order valence-electron chi connectivity index (χ2n) is 5.37. The van der Waals surface area contributed by atoms with Crippen molar-refractivity contribution < 1.29 is 13.2 Å². The second-order valence-corrected chi connectivity index (χ2v) is 8.09. The van der Waals surface area contributed by atoms with Crippen molar-refractivity contribution >= 4 is 44.8 Å². The van der Waals surface area contributed by atoms with Crippen LogP contribution in [0.3, 0.4) is 0 Å². The number of hydrogen-bond acceptors (Lipinski definition) is 4. The van der Waals surface area contributed by atoms with E-state index < -0.39 is 15.9 Å². The number of aromatic nitrogens is 2. The first-order chi connectivity index (χ1) is 11.8. The molecule has 2 aromatic rings. The Labute approximate surface area is 156 Å². The standard InChI is InChI=1S/C15H18Cl2N4O3S/c1-25(23,24)21(12-3-4-13(16)14(17)9-12)10-15(22)19-5-2-7-20-8-6-18-11-20/h3-4,6,8-9,11H,2,5,7,10H2,1H3,(H,19,22). The SMILES string of the molecule is CS(=O)(=O)N(CC(=O)NCCCn1ccnc1)c1ccc(Cl)c(Cl)c1. The van der Waals surface area contributed by atoms with E-state index in [1.54, 1.807) is 12.5 Å². The summed E-state index contributed by atoms with van der Waals surface area (Å²) in [5, 5.41) is 3.23. The number of rotatable bonds is 8. The summed E-state index contributed by atoms with van der Waals surface area (Å²) < 4.78 is 26.9. The average Bonchev–Trinajstić information content (AvgIpc) is 3.04. The van der Waals surface area contributed by atoms with Crippen molar-refractivity contribution in [2.45, 2.75) is 13.0 Å². The van der Waals surface area contributed by atoms with Crippen LogP contribution in [0.15, 0.2) is 36.9 Å². The Morgan fingerprint density at radius 1 is 1.32 bits per heavy atom. The van der Waals surface area contributed by atoms with Gasteiger partial charge in [0.25, 0.3) is 0 Å². The molecule has 0 radical (unpaired) electrons. The molecular weight excluding hydrogens is 387 g/mol. The van der Waals surface area contributed by atoms with Gasteiger partial charge in [0.05, 0.1) is 28.3 Å². The minimum Gasteiger partial charge on any atom is -0.354 e. The third-order valence-corrected chi connectivity index (χ3v) is 5.23. The van der Waals surface area contributed by atoms with Crippen LogP contribution in [0.1, 0.15) is 6.42 Å². The Bertz CT molecular complexity index is 825. The van der Waals surface area contributed by atoms with E-state index in [0.717, 1.165) is 10.6 Å². The summed E-state index contributed by atoms with van der Waals surface area (Å²) in [5.74, 6) is -0.401. The van der Waals surface area contributed by atoms with Crippen molar-refractivity contribution in [3.05, 3.63) is 47.0 Å². The van der Waals surface area contributed by atoms with Gasteiger partial charge in [-0.1, -0.05) is 23.2 Å². The molecule has 0 saturated heterocycles. The molecule has 1 aromatic heterocycles. The molecule has 0 atom stereocenters. The number of carbonyl (C=O) groups is 1. The van der Waals surface area contributed by atoms with E-state index in [1.165, 1.54) is 18.2 Å². The van der Waals surface area contributed by atoms with Crippen LogP contribution in [-0.4, -0.2) is 43.2 Å². The van der Waals surface area contributed by atoms with Crippen molar-refractivity contribution in [3.8, 4) is 0 Å². The Morgan fingerprint density at radius 2 is 2.08 bits per heavy atom. The van der Waals surface area contributed by atoms with Gasteiger partial charge in [0.2, 0.25) is 15.9 Å². The molecule has 1 aromatic carbocycles. The lowest BCUT2D eigenvalue weighted by Crippen LogP contribution is -2.40. The first-order valence-electron chi connectivity index (χ1n) is 7.42. The van der Waals surface area contributed by atoms with Crippen LogP contribution in [0, 0.1) is 0 Å². The highest BCUT2D eigenvalue weighted by molar-refractivity contribution is 7.92. The maximum absolute atomic E-state index is 12.1. The van der Waals surface area contributed by atoms with E-state index >= 15 is 0 Å². The van der Waals surface area contributed by atoms with E-state index in [2.05, 4.69) is 10.3 Å². The zero-order valence-electron chi connectivity index (χ0n) is 13.5. The van der Waals surface area contributed by atoms with Crippen molar-refractivity contribution in [3.63, 3.8) is 0 Å². The summed E-state index contributed by atoms with van der Waals surface area (Å²) in [5.41, 5.74) is 0.283. The molecule has 0 aliphatic heterocycles. The van der Waals surface area contributed by atoms with E-state index in [9.17, 15) is 13.2 Å². The van der Waals surface area contributed by atoms with E-state index in [4.69, 9.17) is 23.2 Å². The van der Waals surface area contributed by atoms with E-state index in [0.29, 0.717) is 24.5 Å². The minimum atomic E-state index is -3.65. The molecule has 1 amide bonds. The molecule has 25 heavy (non-hydrogen) atoms. The van der Waals surface area contributed by atoms with Gasteiger partial charge in [-0.15, -0.1) is 0 Å². The molecule has 0 bridgehead atoms. The fourth-order valence-corrected chi connectivity index (χ4v) is 3.28. The lowest BCUT2D eigenvalue weighted by Gasteiger charge is -2.22. The highest BCUT2D eigenvalue weighted by Gasteiger charge is 2.21. The molecule has 7 nitrogen and oxygen atoms in total. The summed E-state index contributed by atoms with van der Waals surface area (Å²) in [6.45, 7) is 0.806. The van der Waals surface area contributed by atoms with Crippen LogP contribution >= 0.6 is 23.2 Å². The topological polar surface area (TPSA) is 84.3 Å². The Hall–Kier alpha value is -1.77. The number of imidazole rings is 1. The summed E-state index contributed by atoms with van der Waals surface area (Å²) in [6, 6.07) is 4.40. The van der Waals surface area contributed by atoms with Crippen LogP contribution in [0.2, 0.25) is 10.0 Å².